The fraction of sp³-hybridized carbons (Fsp3) is 0.125. The first-order valence-electron chi connectivity index (χ1n) is 6.52. The molecule has 0 aromatic heterocycles. The van der Waals surface area contributed by atoms with Crippen LogP contribution < -0.4 is 16.1 Å². The van der Waals surface area contributed by atoms with E-state index in [1.807, 2.05) is 43.3 Å². The Kier molecular flexibility index (Phi) is 4.56. The number of hydrogen-bond donors (Lipinski definition) is 2. The zero-order valence-corrected chi connectivity index (χ0v) is 12.1. The summed E-state index contributed by atoms with van der Waals surface area (Å²) in [5, 5.41) is 3.95. The van der Waals surface area contributed by atoms with Gasteiger partial charge in [-0.25, -0.2) is 5.43 Å². The number of nitrogens with zero attached hydrogens (tertiary/aromatic N) is 2. The van der Waals surface area contributed by atoms with Gasteiger partial charge >= 0.3 is 0 Å². The highest BCUT2D eigenvalue weighted by atomic mass is 16.2. The summed E-state index contributed by atoms with van der Waals surface area (Å²) in [5.74, 6) is -0.267. The number of nitrogens with one attached hydrogen (secondary N) is 1. The van der Waals surface area contributed by atoms with Crippen LogP contribution in [0.25, 0.3) is 0 Å². The average Bonchev–Trinajstić information content (AvgIpc) is 2.48. The predicted molar refractivity (Wildman–Crippen MR) is 86.7 cm³/mol. The molecule has 0 aliphatic carbocycles. The van der Waals surface area contributed by atoms with Gasteiger partial charge in [-0.05, 0) is 42.0 Å². The van der Waals surface area contributed by atoms with E-state index in [-0.39, 0.29) is 5.91 Å². The summed E-state index contributed by atoms with van der Waals surface area (Å²) in [7, 11) is 3.96. The monoisotopic (exact) mass is 282 g/mol. The molecular weight excluding hydrogens is 264 g/mol. The largest absolute Gasteiger partial charge is 0.399 e. The van der Waals surface area contributed by atoms with Crippen LogP contribution in [-0.4, -0.2) is 26.2 Å². The highest BCUT2D eigenvalue weighted by molar-refractivity contribution is 5.95. The molecular formula is C16H18N4O. The highest BCUT2D eigenvalue weighted by Gasteiger charge is 2.02. The van der Waals surface area contributed by atoms with Crippen molar-refractivity contribution in [2.45, 2.75) is 0 Å². The van der Waals surface area contributed by atoms with Gasteiger partial charge in [-0.3, -0.25) is 4.79 Å². The number of nitrogen functional groups attached to an aromatic ring is 1. The van der Waals surface area contributed by atoms with Crippen molar-refractivity contribution in [1.82, 2.24) is 5.43 Å². The molecule has 0 saturated carbocycles. The van der Waals surface area contributed by atoms with Crippen LogP contribution in [-0.2, 0) is 0 Å². The lowest BCUT2D eigenvalue weighted by molar-refractivity contribution is 0.0955. The van der Waals surface area contributed by atoms with Crippen molar-refractivity contribution in [1.29, 1.82) is 0 Å². The van der Waals surface area contributed by atoms with Crippen LogP contribution in [0.15, 0.2) is 53.6 Å². The van der Waals surface area contributed by atoms with Crippen molar-refractivity contribution in [3.05, 3.63) is 59.7 Å². The Hall–Kier alpha value is -2.82. The van der Waals surface area contributed by atoms with Crippen LogP contribution in [0, 0.1) is 0 Å². The molecule has 0 aliphatic heterocycles. The Balaban J connectivity index is 1.95. The Bertz CT molecular complexity index is 630. The molecule has 0 fully saturated rings. The maximum absolute atomic E-state index is 11.8. The topological polar surface area (TPSA) is 70.7 Å². The third kappa shape index (κ3) is 4.07. The number of anilines is 2. The fourth-order valence-corrected chi connectivity index (χ4v) is 1.72. The number of amides is 1. The lowest BCUT2D eigenvalue weighted by Crippen LogP contribution is -2.17. The van der Waals surface area contributed by atoms with E-state index in [9.17, 15) is 4.79 Å². The van der Waals surface area contributed by atoms with Gasteiger partial charge in [0.05, 0.1) is 6.21 Å². The van der Waals surface area contributed by atoms with Gasteiger partial charge in [0.25, 0.3) is 5.91 Å². The first kappa shape index (κ1) is 14.6. The van der Waals surface area contributed by atoms with E-state index < -0.39 is 0 Å². The Morgan fingerprint density at radius 2 is 1.71 bits per heavy atom. The minimum atomic E-state index is -0.267. The maximum Gasteiger partial charge on any atom is 0.271 e. The molecule has 0 bridgehead atoms. The van der Waals surface area contributed by atoms with Gasteiger partial charge in [0.2, 0.25) is 0 Å². The number of nitrogens with two attached hydrogens (primary N) is 1. The number of hydrazone groups is 1. The summed E-state index contributed by atoms with van der Waals surface area (Å²) < 4.78 is 0. The molecule has 1 amide bonds. The molecule has 2 aromatic rings. The molecule has 2 aromatic carbocycles. The van der Waals surface area contributed by atoms with E-state index in [1.54, 1.807) is 30.5 Å². The first-order chi connectivity index (χ1) is 10.1. The summed E-state index contributed by atoms with van der Waals surface area (Å²) in [6, 6.07) is 14.5. The lowest BCUT2D eigenvalue weighted by atomic mass is 10.2. The number of rotatable bonds is 4. The zero-order valence-electron chi connectivity index (χ0n) is 12.1. The van der Waals surface area contributed by atoms with Crippen LogP contribution in [0.1, 0.15) is 15.9 Å². The van der Waals surface area contributed by atoms with Crippen LogP contribution in [0.3, 0.4) is 0 Å². The summed E-state index contributed by atoms with van der Waals surface area (Å²) in [4.78, 5) is 13.8. The van der Waals surface area contributed by atoms with Gasteiger partial charge in [-0.1, -0.05) is 12.1 Å². The highest BCUT2D eigenvalue weighted by Crippen LogP contribution is 2.10. The van der Waals surface area contributed by atoms with Crippen molar-refractivity contribution in [3.63, 3.8) is 0 Å². The Morgan fingerprint density at radius 1 is 1.10 bits per heavy atom. The van der Waals surface area contributed by atoms with E-state index in [0.29, 0.717) is 11.3 Å². The molecule has 0 unspecified atom stereocenters. The molecule has 0 radical (unpaired) electrons. The Labute approximate surface area is 124 Å². The Morgan fingerprint density at radius 3 is 2.29 bits per heavy atom. The molecule has 0 saturated heterocycles. The molecule has 0 heterocycles. The number of carbonyl (C=O) groups is 1. The second-order valence-electron chi connectivity index (χ2n) is 4.81. The van der Waals surface area contributed by atoms with Crippen LogP contribution >= 0.6 is 0 Å². The van der Waals surface area contributed by atoms with Crippen molar-refractivity contribution >= 4 is 23.5 Å². The number of benzene rings is 2. The SMILES string of the molecule is CN(C)c1ccc(C=NNC(=O)c2ccc(N)cc2)cc1. The van der Waals surface area contributed by atoms with Gasteiger partial charge in [0, 0.05) is 31.0 Å². The van der Waals surface area contributed by atoms with Crippen LogP contribution in [0.5, 0.6) is 0 Å². The minimum Gasteiger partial charge on any atom is -0.399 e. The summed E-state index contributed by atoms with van der Waals surface area (Å²) in [6.45, 7) is 0. The standard InChI is InChI=1S/C16H18N4O/c1-20(2)15-9-3-12(4-10-15)11-18-19-16(21)13-5-7-14(17)8-6-13/h3-11H,17H2,1-2H3,(H,19,21). The van der Waals surface area contributed by atoms with Crippen molar-refractivity contribution in [3.8, 4) is 0 Å². The second kappa shape index (κ2) is 6.56. The van der Waals surface area contributed by atoms with E-state index >= 15 is 0 Å². The first-order valence-corrected chi connectivity index (χ1v) is 6.52. The van der Waals surface area contributed by atoms with Gasteiger partial charge in [-0.2, -0.15) is 5.10 Å². The van der Waals surface area contributed by atoms with E-state index in [4.69, 9.17) is 5.73 Å². The lowest BCUT2D eigenvalue weighted by Gasteiger charge is -2.11. The molecule has 0 spiro atoms. The quantitative estimate of drug-likeness (QED) is 0.512. The number of hydrogen-bond acceptors (Lipinski definition) is 4. The van der Waals surface area contributed by atoms with E-state index in [0.717, 1.165) is 11.3 Å². The smallest absolute Gasteiger partial charge is 0.271 e. The maximum atomic E-state index is 11.8. The fourth-order valence-electron chi connectivity index (χ4n) is 1.72. The predicted octanol–water partition coefficient (Wildman–Crippen LogP) is 2.10. The molecule has 108 valence electrons. The average molecular weight is 282 g/mol. The van der Waals surface area contributed by atoms with Gasteiger partial charge in [-0.15, -0.1) is 0 Å². The molecule has 21 heavy (non-hydrogen) atoms. The summed E-state index contributed by atoms with van der Waals surface area (Å²) in [5.41, 5.74) is 11.2. The molecule has 5 heteroatoms. The van der Waals surface area contributed by atoms with E-state index in [2.05, 4.69) is 10.5 Å². The third-order valence-electron chi connectivity index (χ3n) is 2.96. The zero-order chi connectivity index (χ0) is 15.2. The molecule has 0 atom stereocenters. The second-order valence-corrected chi connectivity index (χ2v) is 4.81. The van der Waals surface area contributed by atoms with Gasteiger partial charge < -0.3 is 10.6 Å². The normalized spacial score (nSPS) is 10.6. The van der Waals surface area contributed by atoms with Crippen LogP contribution in [0.2, 0.25) is 0 Å². The van der Waals surface area contributed by atoms with E-state index in [1.165, 1.54) is 0 Å². The number of carbonyl (C=O) groups excluding carboxylic acids is 1. The molecule has 0 aliphatic rings. The molecule has 5 nitrogen and oxygen atoms in total. The van der Waals surface area contributed by atoms with Crippen molar-refractivity contribution in [2.24, 2.45) is 5.10 Å². The molecule has 3 N–H and O–H groups in total. The van der Waals surface area contributed by atoms with Crippen molar-refractivity contribution in [2.75, 3.05) is 24.7 Å². The van der Waals surface area contributed by atoms with Crippen LogP contribution in [0.4, 0.5) is 11.4 Å². The minimum absolute atomic E-state index is 0.267. The third-order valence-corrected chi connectivity index (χ3v) is 2.96. The molecule has 2 rings (SSSR count). The van der Waals surface area contributed by atoms with Gasteiger partial charge in [0.1, 0.15) is 0 Å². The van der Waals surface area contributed by atoms with Crippen molar-refractivity contribution < 1.29 is 4.79 Å². The summed E-state index contributed by atoms with van der Waals surface area (Å²) in [6.07, 6.45) is 1.61. The van der Waals surface area contributed by atoms with Gasteiger partial charge in [0.15, 0.2) is 0 Å². The summed E-state index contributed by atoms with van der Waals surface area (Å²) >= 11 is 0.